The number of carbonyl (C=O) groups is 1. The summed E-state index contributed by atoms with van der Waals surface area (Å²) in [5.74, 6) is 5.41. The standard InChI is InChI=1S/C28H46Br2O2/c1-15(2)16(3)7-8-17(4)19-11-12-20-18-9-10-21-25(30)26(32)22(29)13-28(21,6)24(18)23(31)14-27(19,20)5/h15-25,31H,7-14H2,1-6H3/t16-,17+,18-,19+,20-,21?,22+,23-,24+,25-,27+,28-/m0/s1. The average molecular weight is 574 g/mol. The Balaban J connectivity index is 1.55. The van der Waals surface area contributed by atoms with E-state index in [0.717, 1.165) is 48.9 Å². The van der Waals surface area contributed by atoms with Gasteiger partial charge < -0.3 is 5.11 Å². The van der Waals surface area contributed by atoms with E-state index in [-0.39, 0.29) is 26.6 Å². The molecule has 4 aliphatic rings. The number of aliphatic hydroxyl groups is 1. The Bertz CT molecular complexity index is 710. The van der Waals surface area contributed by atoms with Crippen LogP contribution in [-0.4, -0.2) is 26.6 Å². The van der Waals surface area contributed by atoms with Gasteiger partial charge >= 0.3 is 0 Å². The summed E-state index contributed by atoms with van der Waals surface area (Å²) in [6.45, 7) is 14.6. The van der Waals surface area contributed by atoms with Crippen molar-refractivity contribution >= 4 is 37.6 Å². The second-order valence-electron chi connectivity index (χ2n) is 13.2. The molecule has 0 spiro atoms. The number of carbonyl (C=O) groups excluding carboxylic acids is 1. The zero-order chi connectivity index (χ0) is 23.6. The summed E-state index contributed by atoms with van der Waals surface area (Å²) in [6.07, 6.45) is 9.28. The number of ketones is 1. The third kappa shape index (κ3) is 4.02. The average Bonchev–Trinajstić information content (AvgIpc) is 3.06. The van der Waals surface area contributed by atoms with Crippen LogP contribution < -0.4 is 0 Å². The third-order valence-electron chi connectivity index (χ3n) is 11.4. The Morgan fingerprint density at radius 2 is 1.59 bits per heavy atom. The van der Waals surface area contributed by atoms with Crippen molar-refractivity contribution in [1.82, 2.24) is 0 Å². The third-order valence-corrected chi connectivity index (χ3v) is 13.3. The zero-order valence-corrected chi connectivity index (χ0v) is 24.3. The second-order valence-corrected chi connectivity index (χ2v) is 15.3. The zero-order valence-electron chi connectivity index (χ0n) is 21.1. The molecular formula is C28H46Br2O2. The van der Waals surface area contributed by atoms with E-state index in [0.29, 0.717) is 23.5 Å². The van der Waals surface area contributed by atoms with Crippen LogP contribution in [0.15, 0.2) is 0 Å². The molecule has 0 saturated heterocycles. The molecule has 4 aliphatic carbocycles. The molecule has 0 radical (unpaired) electrons. The van der Waals surface area contributed by atoms with E-state index in [4.69, 9.17) is 0 Å². The molecule has 0 aromatic heterocycles. The van der Waals surface area contributed by atoms with Crippen LogP contribution in [0.25, 0.3) is 0 Å². The fourth-order valence-electron chi connectivity index (χ4n) is 9.29. The number of alkyl halides is 2. The van der Waals surface area contributed by atoms with Crippen molar-refractivity contribution in [3.05, 3.63) is 0 Å². The lowest BCUT2D eigenvalue weighted by Gasteiger charge is -2.63. The van der Waals surface area contributed by atoms with E-state index >= 15 is 0 Å². The summed E-state index contributed by atoms with van der Waals surface area (Å²) >= 11 is 7.48. The molecule has 0 aromatic rings. The Morgan fingerprint density at radius 3 is 2.25 bits per heavy atom. The van der Waals surface area contributed by atoms with E-state index in [1.165, 1.54) is 32.1 Å². The Labute approximate surface area is 213 Å². The van der Waals surface area contributed by atoms with Crippen molar-refractivity contribution in [1.29, 1.82) is 0 Å². The van der Waals surface area contributed by atoms with Gasteiger partial charge in [0, 0.05) is 0 Å². The maximum atomic E-state index is 12.7. The summed E-state index contributed by atoms with van der Waals surface area (Å²) in [5, 5.41) is 11.7. The van der Waals surface area contributed by atoms with Gasteiger partial charge in [0.2, 0.25) is 0 Å². The van der Waals surface area contributed by atoms with Crippen LogP contribution in [0.2, 0.25) is 0 Å². The lowest BCUT2D eigenvalue weighted by molar-refractivity contribution is -0.172. The van der Waals surface area contributed by atoms with E-state index < -0.39 is 0 Å². The van der Waals surface area contributed by atoms with Gasteiger partial charge in [0.1, 0.15) is 0 Å². The first-order chi connectivity index (χ1) is 14.9. The number of aliphatic hydroxyl groups excluding tert-OH is 1. The molecule has 0 heterocycles. The first-order valence-electron chi connectivity index (χ1n) is 13.4. The topological polar surface area (TPSA) is 37.3 Å². The quantitative estimate of drug-likeness (QED) is 0.343. The number of hydrogen-bond donors (Lipinski definition) is 1. The molecule has 184 valence electrons. The van der Waals surface area contributed by atoms with Crippen molar-refractivity contribution in [2.45, 2.75) is 109 Å². The molecule has 0 aliphatic heterocycles. The predicted octanol–water partition coefficient (Wildman–Crippen LogP) is 7.64. The minimum Gasteiger partial charge on any atom is -0.393 e. The van der Waals surface area contributed by atoms with Gasteiger partial charge in [0.15, 0.2) is 5.78 Å². The van der Waals surface area contributed by atoms with Crippen LogP contribution in [-0.2, 0) is 4.79 Å². The lowest BCUT2D eigenvalue weighted by atomic mass is 9.43. The SMILES string of the molecule is CC(C)[C@@H](C)CC[C@@H](C)[C@H]1CC[C@H]2[C@@H]3CCC4[C@H](Br)C(=O)[C@H](Br)C[C@]4(C)[C@H]3[C@@H](O)C[C@]12C. The summed E-state index contributed by atoms with van der Waals surface area (Å²) < 4.78 is 0. The molecule has 0 bridgehead atoms. The smallest absolute Gasteiger partial charge is 0.160 e. The molecule has 0 amide bonds. The van der Waals surface area contributed by atoms with Gasteiger partial charge in [-0.15, -0.1) is 0 Å². The minimum atomic E-state index is -0.232. The van der Waals surface area contributed by atoms with E-state index in [9.17, 15) is 9.90 Å². The Hall–Kier alpha value is 0.590. The van der Waals surface area contributed by atoms with Gasteiger partial charge in [-0.3, -0.25) is 4.79 Å². The van der Waals surface area contributed by atoms with Crippen LogP contribution in [0.4, 0.5) is 0 Å². The van der Waals surface area contributed by atoms with Gasteiger partial charge in [-0.1, -0.05) is 86.2 Å². The summed E-state index contributed by atoms with van der Waals surface area (Å²) in [7, 11) is 0. The summed E-state index contributed by atoms with van der Waals surface area (Å²) in [4.78, 5) is 12.6. The van der Waals surface area contributed by atoms with Crippen molar-refractivity contribution in [3.63, 3.8) is 0 Å². The number of rotatable bonds is 5. The molecule has 2 nitrogen and oxygen atoms in total. The molecule has 32 heavy (non-hydrogen) atoms. The molecule has 4 rings (SSSR count). The summed E-state index contributed by atoms with van der Waals surface area (Å²) in [5.41, 5.74) is 0.312. The van der Waals surface area contributed by atoms with E-state index in [2.05, 4.69) is 73.4 Å². The van der Waals surface area contributed by atoms with E-state index in [1.54, 1.807) is 0 Å². The number of hydrogen-bond acceptors (Lipinski definition) is 2. The molecule has 4 saturated carbocycles. The maximum absolute atomic E-state index is 12.7. The number of halogens is 2. The van der Waals surface area contributed by atoms with Gasteiger partial charge in [-0.25, -0.2) is 0 Å². The Kier molecular flexibility index (Phi) is 7.41. The highest BCUT2D eigenvalue weighted by Crippen LogP contribution is 2.68. The molecule has 4 heteroatoms. The first-order valence-corrected chi connectivity index (χ1v) is 15.2. The number of Topliss-reactive ketones (excluding diaryl/α,β-unsaturated/α-hetero) is 1. The van der Waals surface area contributed by atoms with Crippen LogP contribution >= 0.6 is 31.9 Å². The van der Waals surface area contributed by atoms with Crippen LogP contribution in [0, 0.1) is 58.2 Å². The molecule has 1 unspecified atom stereocenters. The van der Waals surface area contributed by atoms with Gasteiger partial charge in [-0.2, -0.15) is 0 Å². The first kappa shape index (κ1) is 25.7. The molecule has 12 atom stereocenters. The highest BCUT2D eigenvalue weighted by Gasteiger charge is 2.65. The largest absolute Gasteiger partial charge is 0.393 e. The van der Waals surface area contributed by atoms with Crippen molar-refractivity contribution < 1.29 is 9.90 Å². The van der Waals surface area contributed by atoms with Crippen molar-refractivity contribution in [3.8, 4) is 0 Å². The Morgan fingerprint density at radius 1 is 0.938 bits per heavy atom. The second kappa shape index (κ2) is 9.23. The molecule has 4 fully saturated rings. The van der Waals surface area contributed by atoms with Crippen LogP contribution in [0.1, 0.15) is 92.9 Å². The fraction of sp³-hybridized carbons (Fsp3) is 0.964. The van der Waals surface area contributed by atoms with Crippen LogP contribution in [0.5, 0.6) is 0 Å². The monoisotopic (exact) mass is 572 g/mol. The fourth-order valence-corrected chi connectivity index (χ4v) is 11.8. The predicted molar refractivity (Wildman–Crippen MR) is 140 cm³/mol. The van der Waals surface area contributed by atoms with Crippen LogP contribution in [0.3, 0.4) is 0 Å². The summed E-state index contributed by atoms with van der Waals surface area (Å²) in [6, 6.07) is 0. The van der Waals surface area contributed by atoms with Gasteiger partial charge in [0.05, 0.1) is 15.8 Å². The molecule has 0 aromatic carbocycles. The van der Waals surface area contributed by atoms with Gasteiger partial charge in [-0.05, 0) is 96.7 Å². The number of fused-ring (bicyclic) bond motifs is 5. The van der Waals surface area contributed by atoms with Crippen molar-refractivity contribution in [2.24, 2.45) is 58.2 Å². The molecular weight excluding hydrogens is 528 g/mol. The van der Waals surface area contributed by atoms with Crippen molar-refractivity contribution in [2.75, 3.05) is 0 Å². The normalized spacial score (nSPS) is 50.5. The minimum absolute atomic E-state index is 0.0380. The lowest BCUT2D eigenvalue weighted by Crippen LogP contribution is -2.62. The highest BCUT2D eigenvalue weighted by atomic mass is 79.9. The highest BCUT2D eigenvalue weighted by molar-refractivity contribution is 9.10. The van der Waals surface area contributed by atoms with E-state index in [1.807, 2.05) is 0 Å². The van der Waals surface area contributed by atoms with Gasteiger partial charge in [0.25, 0.3) is 0 Å². The molecule has 1 N–H and O–H groups in total. The maximum Gasteiger partial charge on any atom is 0.160 e.